The van der Waals surface area contributed by atoms with Crippen molar-refractivity contribution >= 4 is 5.69 Å². The van der Waals surface area contributed by atoms with E-state index in [1.165, 1.54) is 0 Å². The Morgan fingerprint density at radius 1 is 1.41 bits per heavy atom. The molecule has 0 aromatic heterocycles. The molecule has 1 aliphatic rings. The van der Waals surface area contributed by atoms with Crippen LogP contribution in [0.5, 0.6) is 5.75 Å². The molecule has 2 N–H and O–H groups in total. The number of rotatable bonds is 4. The van der Waals surface area contributed by atoms with E-state index in [9.17, 15) is 5.11 Å². The van der Waals surface area contributed by atoms with Crippen LogP contribution in [0.25, 0.3) is 0 Å². The Morgan fingerprint density at radius 3 is 2.59 bits per heavy atom. The van der Waals surface area contributed by atoms with Gasteiger partial charge in [0.15, 0.2) is 0 Å². The van der Waals surface area contributed by atoms with Crippen molar-refractivity contribution in [2.75, 3.05) is 39.2 Å². The topological polar surface area (TPSA) is 44.7 Å². The van der Waals surface area contributed by atoms with Crippen molar-refractivity contribution in [3.05, 3.63) is 24.3 Å². The molecule has 1 atom stereocenters. The van der Waals surface area contributed by atoms with Crippen LogP contribution in [-0.4, -0.2) is 49.4 Å². The highest BCUT2D eigenvalue weighted by Gasteiger charge is 2.35. The maximum absolute atomic E-state index is 9.58. The van der Waals surface area contributed by atoms with Crippen molar-refractivity contribution in [1.82, 2.24) is 4.90 Å². The largest absolute Gasteiger partial charge is 0.497 e. The van der Waals surface area contributed by atoms with Crippen LogP contribution in [-0.2, 0) is 0 Å². The van der Waals surface area contributed by atoms with Gasteiger partial charge in [-0.05, 0) is 37.7 Å². The van der Waals surface area contributed by atoms with Crippen molar-refractivity contribution < 1.29 is 9.84 Å². The SMILES string of the molecule is COc1ccc(NC2(CO)CCN(C)C2)cc1. The van der Waals surface area contributed by atoms with Crippen LogP contribution >= 0.6 is 0 Å². The van der Waals surface area contributed by atoms with Crippen molar-refractivity contribution in [3.63, 3.8) is 0 Å². The first-order chi connectivity index (χ1) is 8.17. The second-order valence-corrected chi connectivity index (χ2v) is 4.78. The molecule has 1 saturated heterocycles. The fourth-order valence-corrected chi connectivity index (χ4v) is 2.33. The van der Waals surface area contributed by atoms with Crippen molar-refractivity contribution in [2.45, 2.75) is 12.0 Å². The molecule has 0 bridgehead atoms. The lowest BCUT2D eigenvalue weighted by Gasteiger charge is -2.29. The molecule has 0 spiro atoms. The van der Waals surface area contributed by atoms with E-state index in [1.54, 1.807) is 7.11 Å². The Labute approximate surface area is 102 Å². The lowest BCUT2D eigenvalue weighted by atomic mass is 9.99. The molecule has 1 aliphatic heterocycles. The average molecular weight is 236 g/mol. The Morgan fingerprint density at radius 2 is 2.12 bits per heavy atom. The van der Waals surface area contributed by atoms with E-state index >= 15 is 0 Å². The van der Waals surface area contributed by atoms with Gasteiger partial charge in [0.05, 0.1) is 19.3 Å². The normalized spacial score (nSPS) is 24.9. The highest BCUT2D eigenvalue weighted by atomic mass is 16.5. The number of likely N-dealkylation sites (tertiary alicyclic amines) is 1. The van der Waals surface area contributed by atoms with Gasteiger partial charge >= 0.3 is 0 Å². The van der Waals surface area contributed by atoms with E-state index in [4.69, 9.17) is 4.74 Å². The van der Waals surface area contributed by atoms with Crippen molar-refractivity contribution in [2.24, 2.45) is 0 Å². The summed E-state index contributed by atoms with van der Waals surface area (Å²) in [6.07, 6.45) is 0.964. The molecule has 0 aliphatic carbocycles. The van der Waals surface area contributed by atoms with Crippen LogP contribution < -0.4 is 10.1 Å². The number of benzene rings is 1. The van der Waals surface area contributed by atoms with Gasteiger partial charge in [0.25, 0.3) is 0 Å². The number of likely N-dealkylation sites (N-methyl/N-ethyl adjacent to an activating group) is 1. The molecule has 0 saturated carbocycles. The zero-order valence-corrected chi connectivity index (χ0v) is 10.4. The molecule has 1 aromatic carbocycles. The van der Waals surface area contributed by atoms with Crippen LogP contribution in [0.15, 0.2) is 24.3 Å². The van der Waals surface area contributed by atoms with E-state index in [0.717, 1.165) is 30.9 Å². The van der Waals surface area contributed by atoms with Gasteiger partial charge in [-0.25, -0.2) is 0 Å². The fraction of sp³-hybridized carbons (Fsp3) is 0.538. The number of hydrogen-bond donors (Lipinski definition) is 2. The van der Waals surface area contributed by atoms with Crippen LogP contribution in [0.3, 0.4) is 0 Å². The maximum Gasteiger partial charge on any atom is 0.119 e. The number of nitrogens with one attached hydrogen (secondary N) is 1. The zero-order chi connectivity index (χ0) is 12.3. The van der Waals surface area contributed by atoms with Crippen LogP contribution in [0.2, 0.25) is 0 Å². The summed E-state index contributed by atoms with van der Waals surface area (Å²) in [5, 5.41) is 13.0. The first kappa shape index (κ1) is 12.2. The number of aliphatic hydroxyl groups is 1. The van der Waals surface area contributed by atoms with E-state index < -0.39 is 0 Å². The monoisotopic (exact) mass is 236 g/mol. The number of nitrogens with zero attached hydrogens (tertiary/aromatic N) is 1. The van der Waals surface area contributed by atoms with Gasteiger partial charge in [0, 0.05) is 18.8 Å². The second-order valence-electron chi connectivity index (χ2n) is 4.78. The summed E-state index contributed by atoms with van der Waals surface area (Å²) in [6.45, 7) is 2.04. The summed E-state index contributed by atoms with van der Waals surface area (Å²) in [5.41, 5.74) is 0.818. The molecule has 1 heterocycles. The highest BCUT2D eigenvalue weighted by molar-refractivity contribution is 5.49. The molecular weight excluding hydrogens is 216 g/mol. The predicted octanol–water partition coefficient (Wildman–Crippen LogP) is 1.17. The minimum atomic E-state index is -0.205. The Bertz CT molecular complexity index is 366. The molecule has 17 heavy (non-hydrogen) atoms. The van der Waals surface area contributed by atoms with Gasteiger partial charge in [0.2, 0.25) is 0 Å². The summed E-state index contributed by atoms with van der Waals surface area (Å²) < 4.78 is 5.12. The standard InChI is InChI=1S/C13H20N2O2/c1-15-8-7-13(9-15,10-16)14-11-3-5-12(17-2)6-4-11/h3-6,14,16H,7-10H2,1-2H3. The van der Waals surface area contributed by atoms with Gasteiger partial charge in [-0.1, -0.05) is 0 Å². The Balaban J connectivity index is 2.07. The minimum absolute atomic E-state index is 0.156. The molecule has 1 unspecified atom stereocenters. The van der Waals surface area contributed by atoms with E-state index in [0.29, 0.717) is 0 Å². The summed E-state index contributed by atoms with van der Waals surface area (Å²) in [6, 6.07) is 7.81. The first-order valence-corrected chi connectivity index (χ1v) is 5.89. The van der Waals surface area contributed by atoms with Gasteiger partial charge in [-0.15, -0.1) is 0 Å². The van der Waals surface area contributed by atoms with Gasteiger partial charge in [0.1, 0.15) is 5.75 Å². The van der Waals surface area contributed by atoms with E-state index in [-0.39, 0.29) is 12.1 Å². The van der Waals surface area contributed by atoms with Crippen LogP contribution in [0.1, 0.15) is 6.42 Å². The van der Waals surface area contributed by atoms with Crippen molar-refractivity contribution in [1.29, 1.82) is 0 Å². The number of hydrogen-bond acceptors (Lipinski definition) is 4. The minimum Gasteiger partial charge on any atom is -0.497 e. The molecular formula is C13H20N2O2. The lowest BCUT2D eigenvalue weighted by molar-refractivity contribution is 0.212. The fourth-order valence-electron chi connectivity index (χ4n) is 2.33. The number of anilines is 1. The van der Waals surface area contributed by atoms with Gasteiger partial charge < -0.3 is 20.1 Å². The number of aliphatic hydroxyl groups excluding tert-OH is 1. The Hall–Kier alpha value is -1.26. The summed E-state index contributed by atoms with van der Waals surface area (Å²) in [5.74, 6) is 0.845. The highest BCUT2D eigenvalue weighted by Crippen LogP contribution is 2.26. The van der Waals surface area contributed by atoms with Gasteiger partial charge in [-0.2, -0.15) is 0 Å². The third-order valence-electron chi connectivity index (χ3n) is 3.35. The van der Waals surface area contributed by atoms with Crippen molar-refractivity contribution in [3.8, 4) is 5.75 Å². The second kappa shape index (κ2) is 4.94. The molecule has 1 fully saturated rings. The van der Waals surface area contributed by atoms with E-state index in [1.807, 2.05) is 24.3 Å². The predicted molar refractivity (Wildman–Crippen MR) is 68.5 cm³/mol. The molecule has 4 heteroatoms. The molecule has 0 amide bonds. The third kappa shape index (κ3) is 2.70. The molecule has 2 rings (SSSR count). The molecule has 94 valence electrons. The van der Waals surface area contributed by atoms with Gasteiger partial charge in [-0.3, -0.25) is 0 Å². The Kier molecular flexibility index (Phi) is 3.54. The zero-order valence-electron chi connectivity index (χ0n) is 10.4. The third-order valence-corrected chi connectivity index (χ3v) is 3.35. The lowest BCUT2D eigenvalue weighted by Crippen LogP contribution is -2.44. The summed E-state index contributed by atoms with van der Waals surface area (Å²) in [7, 11) is 3.73. The smallest absolute Gasteiger partial charge is 0.119 e. The molecule has 0 radical (unpaired) electrons. The summed E-state index contributed by atoms with van der Waals surface area (Å²) >= 11 is 0. The van der Waals surface area contributed by atoms with E-state index in [2.05, 4.69) is 17.3 Å². The first-order valence-electron chi connectivity index (χ1n) is 5.89. The summed E-state index contributed by atoms with van der Waals surface area (Å²) in [4.78, 5) is 2.23. The molecule has 1 aromatic rings. The quantitative estimate of drug-likeness (QED) is 0.824. The average Bonchev–Trinajstić information content (AvgIpc) is 2.72. The van der Waals surface area contributed by atoms with Crippen LogP contribution in [0, 0.1) is 0 Å². The number of ether oxygens (including phenoxy) is 1. The maximum atomic E-state index is 9.58. The van der Waals surface area contributed by atoms with Crippen LogP contribution in [0.4, 0.5) is 5.69 Å². The molecule has 4 nitrogen and oxygen atoms in total. The number of methoxy groups -OCH3 is 1.